The van der Waals surface area contributed by atoms with Gasteiger partial charge in [-0.3, -0.25) is 14.7 Å². The molecule has 0 saturated carbocycles. The SMILES string of the molecule is CCc1nc(C(=O)Nc2ccc(F)c(NC(C)=O)c2)n[nH]1. The van der Waals surface area contributed by atoms with Crippen LogP contribution in [0.5, 0.6) is 0 Å². The lowest BCUT2D eigenvalue weighted by molar-refractivity contribution is -0.114. The largest absolute Gasteiger partial charge is 0.324 e. The van der Waals surface area contributed by atoms with E-state index in [1.54, 1.807) is 0 Å². The van der Waals surface area contributed by atoms with Gasteiger partial charge < -0.3 is 10.6 Å². The van der Waals surface area contributed by atoms with Gasteiger partial charge in [0.1, 0.15) is 11.6 Å². The minimum atomic E-state index is -0.589. The van der Waals surface area contributed by atoms with Gasteiger partial charge in [-0.15, -0.1) is 5.10 Å². The molecule has 0 radical (unpaired) electrons. The summed E-state index contributed by atoms with van der Waals surface area (Å²) in [5.41, 5.74) is 0.317. The molecule has 0 aliphatic heterocycles. The second kappa shape index (κ2) is 6.12. The quantitative estimate of drug-likeness (QED) is 0.798. The van der Waals surface area contributed by atoms with Crippen molar-refractivity contribution in [2.24, 2.45) is 0 Å². The van der Waals surface area contributed by atoms with Crippen LogP contribution in [-0.4, -0.2) is 27.0 Å². The number of nitrogens with zero attached hydrogens (tertiary/aromatic N) is 2. The zero-order chi connectivity index (χ0) is 15.4. The number of amides is 2. The first-order valence-corrected chi connectivity index (χ1v) is 6.29. The summed E-state index contributed by atoms with van der Waals surface area (Å²) in [7, 11) is 0. The van der Waals surface area contributed by atoms with Crippen molar-refractivity contribution in [1.82, 2.24) is 15.2 Å². The lowest BCUT2D eigenvalue weighted by Gasteiger charge is -2.07. The van der Waals surface area contributed by atoms with Crippen LogP contribution >= 0.6 is 0 Å². The Hall–Kier alpha value is -2.77. The molecular weight excluding hydrogens is 277 g/mol. The van der Waals surface area contributed by atoms with Gasteiger partial charge in [-0.2, -0.15) is 0 Å². The maximum atomic E-state index is 13.5. The highest BCUT2D eigenvalue weighted by Crippen LogP contribution is 2.20. The smallest absolute Gasteiger partial charge is 0.295 e. The zero-order valence-electron chi connectivity index (χ0n) is 11.5. The van der Waals surface area contributed by atoms with Crippen molar-refractivity contribution >= 4 is 23.2 Å². The first-order valence-electron chi connectivity index (χ1n) is 6.29. The molecule has 0 fully saturated rings. The van der Waals surface area contributed by atoms with Gasteiger partial charge >= 0.3 is 0 Å². The Labute approximate surface area is 120 Å². The molecule has 1 aromatic heterocycles. The van der Waals surface area contributed by atoms with E-state index in [4.69, 9.17) is 0 Å². The predicted molar refractivity (Wildman–Crippen MR) is 74.4 cm³/mol. The van der Waals surface area contributed by atoms with Crippen molar-refractivity contribution in [2.45, 2.75) is 20.3 Å². The fraction of sp³-hybridized carbons (Fsp3) is 0.231. The summed E-state index contributed by atoms with van der Waals surface area (Å²) in [4.78, 5) is 26.9. The number of carbonyl (C=O) groups excluding carboxylic acids is 2. The average molecular weight is 291 g/mol. The number of aryl methyl sites for hydroxylation is 1. The molecule has 0 aliphatic rings. The predicted octanol–water partition coefficient (Wildman–Crippen LogP) is 1.72. The van der Waals surface area contributed by atoms with Crippen molar-refractivity contribution < 1.29 is 14.0 Å². The summed E-state index contributed by atoms with van der Waals surface area (Å²) < 4.78 is 13.5. The van der Waals surface area contributed by atoms with Crippen LogP contribution < -0.4 is 10.6 Å². The number of carbonyl (C=O) groups is 2. The zero-order valence-corrected chi connectivity index (χ0v) is 11.5. The topological polar surface area (TPSA) is 99.8 Å². The summed E-state index contributed by atoms with van der Waals surface area (Å²) in [5.74, 6) is -0.921. The number of hydrogen-bond acceptors (Lipinski definition) is 4. The normalized spacial score (nSPS) is 10.2. The summed E-state index contributed by atoms with van der Waals surface area (Å²) in [6.07, 6.45) is 0.628. The third kappa shape index (κ3) is 3.62. The van der Waals surface area contributed by atoms with Crippen molar-refractivity contribution in [2.75, 3.05) is 10.6 Å². The molecule has 1 heterocycles. The number of nitrogens with one attached hydrogen (secondary N) is 3. The molecule has 7 nitrogen and oxygen atoms in total. The molecule has 110 valence electrons. The van der Waals surface area contributed by atoms with Crippen LogP contribution in [0.2, 0.25) is 0 Å². The van der Waals surface area contributed by atoms with Gasteiger partial charge in [-0.1, -0.05) is 6.92 Å². The fourth-order valence-electron chi connectivity index (χ4n) is 1.63. The van der Waals surface area contributed by atoms with Gasteiger partial charge in [0.05, 0.1) is 5.69 Å². The molecule has 2 aromatic rings. The number of halogens is 1. The van der Waals surface area contributed by atoms with Crippen LogP contribution in [0.25, 0.3) is 0 Å². The van der Waals surface area contributed by atoms with Gasteiger partial charge in [-0.05, 0) is 18.2 Å². The molecule has 8 heteroatoms. The second-order valence-electron chi connectivity index (χ2n) is 4.29. The maximum Gasteiger partial charge on any atom is 0.295 e. The van der Waals surface area contributed by atoms with E-state index in [-0.39, 0.29) is 11.5 Å². The highest BCUT2D eigenvalue weighted by Gasteiger charge is 2.13. The molecule has 2 amide bonds. The van der Waals surface area contributed by atoms with Crippen molar-refractivity contribution in [3.63, 3.8) is 0 Å². The minimum Gasteiger partial charge on any atom is -0.324 e. The monoisotopic (exact) mass is 291 g/mol. The molecule has 1 aromatic carbocycles. The van der Waals surface area contributed by atoms with E-state index in [1.807, 2.05) is 6.92 Å². The lowest BCUT2D eigenvalue weighted by Crippen LogP contribution is -2.14. The van der Waals surface area contributed by atoms with Crippen molar-refractivity contribution in [3.8, 4) is 0 Å². The molecule has 0 bridgehead atoms. The lowest BCUT2D eigenvalue weighted by atomic mass is 10.2. The van der Waals surface area contributed by atoms with Crippen LogP contribution in [0.15, 0.2) is 18.2 Å². The van der Waals surface area contributed by atoms with Gasteiger partial charge in [0.15, 0.2) is 0 Å². The van der Waals surface area contributed by atoms with Gasteiger partial charge in [-0.25, -0.2) is 9.37 Å². The Morgan fingerprint density at radius 1 is 1.33 bits per heavy atom. The molecule has 0 atom stereocenters. The number of aromatic nitrogens is 3. The maximum absolute atomic E-state index is 13.5. The summed E-state index contributed by atoms with van der Waals surface area (Å²) in [5, 5.41) is 11.3. The number of aromatic amines is 1. The fourth-order valence-corrected chi connectivity index (χ4v) is 1.63. The van der Waals surface area contributed by atoms with Gasteiger partial charge in [0.25, 0.3) is 5.91 Å². The van der Waals surface area contributed by atoms with E-state index >= 15 is 0 Å². The number of anilines is 2. The second-order valence-corrected chi connectivity index (χ2v) is 4.29. The van der Waals surface area contributed by atoms with E-state index in [9.17, 15) is 14.0 Å². The average Bonchev–Trinajstić information content (AvgIpc) is 2.91. The van der Waals surface area contributed by atoms with Gasteiger partial charge in [0.2, 0.25) is 11.7 Å². The van der Waals surface area contributed by atoms with Crippen LogP contribution in [0.1, 0.15) is 30.3 Å². The molecule has 0 aliphatic carbocycles. The molecule has 0 spiro atoms. The molecule has 0 saturated heterocycles. The van der Waals surface area contributed by atoms with Crippen LogP contribution in [0.4, 0.5) is 15.8 Å². The number of H-pyrrole nitrogens is 1. The molecule has 0 unspecified atom stereocenters. The molecule has 3 N–H and O–H groups in total. The Morgan fingerprint density at radius 2 is 2.10 bits per heavy atom. The first kappa shape index (κ1) is 14.6. The minimum absolute atomic E-state index is 0.00254. The van der Waals surface area contributed by atoms with Crippen LogP contribution in [-0.2, 0) is 11.2 Å². The van der Waals surface area contributed by atoms with Crippen molar-refractivity contribution in [1.29, 1.82) is 0 Å². The number of benzene rings is 1. The highest BCUT2D eigenvalue weighted by atomic mass is 19.1. The summed E-state index contributed by atoms with van der Waals surface area (Å²) in [6, 6.07) is 3.85. The van der Waals surface area contributed by atoms with E-state index in [1.165, 1.54) is 19.1 Å². The Morgan fingerprint density at radius 3 is 2.71 bits per heavy atom. The molecule has 2 rings (SSSR count). The van der Waals surface area contributed by atoms with E-state index < -0.39 is 17.6 Å². The van der Waals surface area contributed by atoms with Gasteiger partial charge in [0, 0.05) is 19.0 Å². The van der Waals surface area contributed by atoms with E-state index in [0.717, 1.165) is 6.07 Å². The standard InChI is InChI=1S/C13H14FN5O2/c1-3-11-17-12(19-18-11)13(21)16-8-4-5-9(14)10(6-8)15-7(2)20/h4-6H,3H2,1-2H3,(H,15,20)(H,16,21)(H,17,18,19). The van der Waals surface area contributed by atoms with Crippen LogP contribution in [0.3, 0.4) is 0 Å². The van der Waals surface area contributed by atoms with Crippen LogP contribution in [0, 0.1) is 5.82 Å². The van der Waals surface area contributed by atoms with E-state index in [0.29, 0.717) is 17.9 Å². The summed E-state index contributed by atoms with van der Waals surface area (Å²) in [6.45, 7) is 3.15. The highest BCUT2D eigenvalue weighted by molar-refractivity contribution is 6.02. The van der Waals surface area contributed by atoms with E-state index in [2.05, 4.69) is 25.8 Å². The Kier molecular flexibility index (Phi) is 4.27. The Balaban J connectivity index is 2.15. The summed E-state index contributed by atoms with van der Waals surface area (Å²) >= 11 is 0. The first-order chi connectivity index (χ1) is 9.99. The third-order valence-corrected chi connectivity index (χ3v) is 2.60. The number of hydrogen-bond donors (Lipinski definition) is 3. The third-order valence-electron chi connectivity index (χ3n) is 2.60. The molecule has 21 heavy (non-hydrogen) atoms. The number of rotatable bonds is 4. The molecular formula is C13H14FN5O2. The van der Waals surface area contributed by atoms with Crippen molar-refractivity contribution in [3.05, 3.63) is 35.7 Å². The Bertz CT molecular complexity index is 683.